The van der Waals surface area contributed by atoms with Crippen LogP contribution in [-0.4, -0.2) is 35.0 Å². The highest BCUT2D eigenvalue weighted by molar-refractivity contribution is 7.22. The van der Waals surface area contributed by atoms with Crippen LogP contribution in [0.25, 0.3) is 16.0 Å². The number of thiophene rings is 1. The van der Waals surface area contributed by atoms with Crippen LogP contribution in [-0.2, 0) is 16.0 Å². The quantitative estimate of drug-likeness (QED) is 0.230. The minimum Gasteiger partial charge on any atom is -0.507 e. The van der Waals surface area contributed by atoms with E-state index >= 15 is 0 Å². The molecule has 7 nitrogen and oxygen atoms in total. The second kappa shape index (κ2) is 8.21. The van der Waals surface area contributed by atoms with Crippen molar-refractivity contribution in [3.8, 4) is 11.5 Å². The van der Waals surface area contributed by atoms with Gasteiger partial charge in [-0.1, -0.05) is 17.4 Å². The first-order chi connectivity index (χ1) is 16.9. The predicted molar refractivity (Wildman–Crippen MR) is 136 cm³/mol. The van der Waals surface area contributed by atoms with E-state index in [-0.39, 0.29) is 17.4 Å². The van der Waals surface area contributed by atoms with Gasteiger partial charge >= 0.3 is 5.91 Å². The Bertz CT molecular complexity index is 1520. The molecule has 0 radical (unpaired) electrons. The van der Waals surface area contributed by atoms with Crippen molar-refractivity contribution < 1.29 is 24.2 Å². The van der Waals surface area contributed by atoms with Gasteiger partial charge in [-0.3, -0.25) is 14.5 Å². The van der Waals surface area contributed by atoms with E-state index in [0.717, 1.165) is 20.9 Å². The molecule has 35 heavy (non-hydrogen) atoms. The number of amides is 1. The van der Waals surface area contributed by atoms with Crippen molar-refractivity contribution in [2.45, 2.75) is 25.5 Å². The summed E-state index contributed by atoms with van der Waals surface area (Å²) in [4.78, 5) is 33.5. The average Bonchev–Trinajstić information content (AvgIpc) is 3.63. The summed E-state index contributed by atoms with van der Waals surface area (Å²) in [5, 5.41) is 13.6. The Labute approximate surface area is 208 Å². The van der Waals surface area contributed by atoms with Gasteiger partial charge in [0.1, 0.15) is 29.4 Å². The molecule has 0 aliphatic carbocycles. The van der Waals surface area contributed by atoms with Crippen LogP contribution < -0.4 is 14.4 Å². The zero-order valence-electron chi connectivity index (χ0n) is 18.8. The molecule has 2 aromatic heterocycles. The van der Waals surface area contributed by atoms with E-state index in [1.54, 1.807) is 25.3 Å². The molecule has 176 valence electrons. The standard InChI is InChI=1S/C26H20N2O5S2/c1-13-10-15-11-14(5-8-18(15)33-13)23(29)21-22(19-4-3-9-34-19)28(25(31)24(21)30)26-27-17-7-6-16(32-2)12-20(17)35-26/h3-9,11-13,22,29H,10H2,1-2H3/b23-21+/t13-,22-/m1/s1. The Kier molecular flexibility index (Phi) is 5.12. The first kappa shape index (κ1) is 21.8. The number of carbonyl (C=O) groups is 2. The highest BCUT2D eigenvalue weighted by atomic mass is 32.1. The molecule has 0 saturated carbocycles. The molecule has 1 fully saturated rings. The summed E-state index contributed by atoms with van der Waals surface area (Å²) in [7, 11) is 1.59. The summed E-state index contributed by atoms with van der Waals surface area (Å²) in [5.41, 5.74) is 2.20. The number of aliphatic hydroxyl groups excluding tert-OH is 1. The van der Waals surface area contributed by atoms with Gasteiger partial charge in [0.05, 0.1) is 22.9 Å². The van der Waals surface area contributed by atoms with Crippen molar-refractivity contribution in [2.24, 2.45) is 0 Å². The molecule has 6 rings (SSSR count). The number of Topliss-reactive ketones (excluding diaryl/α,β-unsaturated/α-hetero) is 1. The fraction of sp³-hybridized carbons (Fsp3) is 0.192. The number of carbonyl (C=O) groups excluding carboxylic acids is 2. The van der Waals surface area contributed by atoms with E-state index < -0.39 is 17.7 Å². The maximum Gasteiger partial charge on any atom is 0.301 e. The van der Waals surface area contributed by atoms with Gasteiger partial charge in [-0.05, 0) is 60.3 Å². The lowest BCUT2D eigenvalue weighted by Crippen LogP contribution is -2.28. The van der Waals surface area contributed by atoms with E-state index in [0.29, 0.717) is 28.4 Å². The molecule has 1 amide bonds. The van der Waals surface area contributed by atoms with Gasteiger partial charge in [-0.15, -0.1) is 11.3 Å². The van der Waals surface area contributed by atoms with Crippen molar-refractivity contribution >= 4 is 55.5 Å². The molecule has 0 bridgehead atoms. The monoisotopic (exact) mass is 504 g/mol. The van der Waals surface area contributed by atoms with E-state index in [9.17, 15) is 14.7 Å². The van der Waals surface area contributed by atoms with E-state index in [1.807, 2.05) is 42.6 Å². The lowest BCUT2D eigenvalue weighted by molar-refractivity contribution is -0.132. The van der Waals surface area contributed by atoms with E-state index in [2.05, 4.69) is 4.98 Å². The smallest absolute Gasteiger partial charge is 0.301 e. The van der Waals surface area contributed by atoms with Crippen LogP contribution in [0, 0.1) is 0 Å². The molecule has 4 heterocycles. The average molecular weight is 505 g/mol. The molecule has 4 aromatic rings. The first-order valence-corrected chi connectivity index (χ1v) is 12.7. The summed E-state index contributed by atoms with van der Waals surface area (Å²) in [6.45, 7) is 1.98. The minimum atomic E-state index is -0.777. The summed E-state index contributed by atoms with van der Waals surface area (Å²) < 4.78 is 11.9. The number of ketones is 1. The third-order valence-electron chi connectivity index (χ3n) is 6.22. The van der Waals surface area contributed by atoms with Gasteiger partial charge in [0.15, 0.2) is 5.13 Å². The molecule has 2 atom stereocenters. The van der Waals surface area contributed by atoms with Crippen molar-refractivity contribution in [2.75, 3.05) is 12.0 Å². The topological polar surface area (TPSA) is 89.0 Å². The van der Waals surface area contributed by atoms with E-state index in [1.165, 1.54) is 27.6 Å². The van der Waals surface area contributed by atoms with Gasteiger partial charge in [0.2, 0.25) is 0 Å². The summed E-state index contributed by atoms with van der Waals surface area (Å²) in [6, 6.07) is 13.7. The fourth-order valence-electron chi connectivity index (χ4n) is 4.59. The van der Waals surface area contributed by atoms with Crippen LogP contribution in [0.5, 0.6) is 11.5 Å². The Morgan fingerprint density at radius 2 is 2.06 bits per heavy atom. The van der Waals surface area contributed by atoms with Gasteiger partial charge in [-0.25, -0.2) is 4.98 Å². The van der Waals surface area contributed by atoms with Gasteiger partial charge in [0.25, 0.3) is 5.78 Å². The lowest BCUT2D eigenvalue weighted by Gasteiger charge is -2.21. The van der Waals surface area contributed by atoms with Gasteiger partial charge in [-0.2, -0.15) is 0 Å². The molecule has 0 unspecified atom stereocenters. The molecule has 1 N–H and O–H groups in total. The van der Waals surface area contributed by atoms with E-state index in [4.69, 9.17) is 9.47 Å². The highest BCUT2D eigenvalue weighted by Crippen LogP contribution is 2.46. The molecule has 2 aromatic carbocycles. The summed E-state index contributed by atoms with van der Waals surface area (Å²) >= 11 is 2.72. The number of rotatable bonds is 4. The number of ether oxygens (including phenoxy) is 2. The number of methoxy groups -OCH3 is 1. The Hall–Kier alpha value is -3.69. The third kappa shape index (κ3) is 3.50. The third-order valence-corrected chi connectivity index (χ3v) is 8.16. The largest absolute Gasteiger partial charge is 0.507 e. The predicted octanol–water partition coefficient (Wildman–Crippen LogP) is 5.32. The molecule has 2 aliphatic rings. The van der Waals surface area contributed by atoms with Gasteiger partial charge in [0, 0.05) is 16.9 Å². The normalized spacial score (nSPS) is 20.9. The van der Waals surface area contributed by atoms with Crippen LogP contribution in [0.3, 0.4) is 0 Å². The maximum atomic E-state index is 13.3. The molecular formula is C26H20N2O5S2. The zero-order valence-corrected chi connectivity index (χ0v) is 20.5. The molecule has 0 spiro atoms. The van der Waals surface area contributed by atoms with Crippen LogP contribution in [0.4, 0.5) is 5.13 Å². The highest BCUT2D eigenvalue weighted by Gasteiger charge is 2.48. The Balaban J connectivity index is 1.50. The SMILES string of the molecule is COc1ccc2nc(N3C(=O)C(=O)/C(=C(/O)c4ccc5c(c4)C[C@@H](C)O5)[C@H]3c3cccs3)sc2c1. The first-order valence-electron chi connectivity index (χ1n) is 11.0. The van der Waals surface area contributed by atoms with Crippen molar-refractivity contribution in [3.63, 3.8) is 0 Å². The molecule has 9 heteroatoms. The maximum absolute atomic E-state index is 13.3. The van der Waals surface area contributed by atoms with Gasteiger partial charge < -0.3 is 14.6 Å². The number of hydrogen-bond donors (Lipinski definition) is 1. The number of thiazole rings is 1. The summed E-state index contributed by atoms with van der Waals surface area (Å²) in [5.74, 6) is -0.194. The lowest BCUT2D eigenvalue weighted by atomic mass is 9.98. The number of benzene rings is 2. The molecule has 2 aliphatic heterocycles. The van der Waals surface area contributed by atoms with Crippen molar-refractivity contribution in [3.05, 3.63) is 75.5 Å². The van der Waals surface area contributed by atoms with Crippen LogP contribution in [0.1, 0.15) is 29.0 Å². The zero-order chi connectivity index (χ0) is 24.3. The van der Waals surface area contributed by atoms with Crippen LogP contribution in [0.2, 0.25) is 0 Å². The number of aliphatic hydroxyl groups is 1. The fourth-order valence-corrected chi connectivity index (χ4v) is 6.44. The van der Waals surface area contributed by atoms with Crippen LogP contribution in [0.15, 0.2) is 59.5 Å². The second-order valence-corrected chi connectivity index (χ2v) is 10.5. The number of hydrogen-bond acceptors (Lipinski definition) is 8. The molecular weight excluding hydrogens is 484 g/mol. The number of aromatic nitrogens is 1. The molecule has 1 saturated heterocycles. The Morgan fingerprint density at radius 1 is 1.20 bits per heavy atom. The minimum absolute atomic E-state index is 0.0526. The van der Waals surface area contributed by atoms with Crippen molar-refractivity contribution in [1.29, 1.82) is 0 Å². The summed E-state index contributed by atoms with van der Waals surface area (Å²) in [6.07, 6.45) is 0.769. The number of fused-ring (bicyclic) bond motifs is 2. The van der Waals surface area contributed by atoms with Crippen molar-refractivity contribution in [1.82, 2.24) is 4.98 Å². The van der Waals surface area contributed by atoms with Crippen LogP contribution >= 0.6 is 22.7 Å². The number of nitrogens with zero attached hydrogens (tertiary/aromatic N) is 2. The second-order valence-electron chi connectivity index (χ2n) is 8.47. The Morgan fingerprint density at radius 3 is 2.83 bits per heavy atom. The number of anilines is 1.